The van der Waals surface area contributed by atoms with Gasteiger partial charge in [0.25, 0.3) is 0 Å². The number of carbonyl (C=O) groups excluding carboxylic acids is 1. The van der Waals surface area contributed by atoms with Crippen LogP contribution in [0.2, 0.25) is 10.0 Å². The second-order valence-corrected chi connectivity index (χ2v) is 12.1. The van der Waals surface area contributed by atoms with Gasteiger partial charge in [-0.05, 0) is 49.9 Å². The molecule has 0 unspecified atom stereocenters. The van der Waals surface area contributed by atoms with Crippen LogP contribution in [0.5, 0.6) is 5.75 Å². The Morgan fingerprint density at radius 2 is 1.94 bits per heavy atom. The van der Waals surface area contributed by atoms with E-state index in [2.05, 4.69) is 9.62 Å². The number of amides is 1. The molecule has 1 amide bonds. The molecule has 1 aliphatic rings. The minimum atomic E-state index is -3.48. The predicted molar refractivity (Wildman–Crippen MR) is 143 cm³/mol. The van der Waals surface area contributed by atoms with Crippen molar-refractivity contribution in [2.75, 3.05) is 37.7 Å². The Kier molecular flexibility index (Phi) is 9.51. The van der Waals surface area contributed by atoms with E-state index in [1.54, 1.807) is 36.1 Å². The first-order valence-corrected chi connectivity index (χ1v) is 14.3. The first-order chi connectivity index (χ1) is 16.9. The van der Waals surface area contributed by atoms with E-state index in [0.717, 1.165) is 11.8 Å². The maximum Gasteiger partial charge on any atom is 0.229 e. The molecule has 0 aliphatic carbocycles. The van der Waals surface area contributed by atoms with Gasteiger partial charge in [-0.15, -0.1) is 0 Å². The number of sulfonamides is 1. The molecule has 2 aromatic rings. The molecule has 0 saturated carbocycles. The molecule has 0 fully saturated rings. The van der Waals surface area contributed by atoms with E-state index in [1.807, 2.05) is 26.1 Å². The molecular formula is C25H33Cl2N3O5S. The van der Waals surface area contributed by atoms with Gasteiger partial charge in [-0.3, -0.25) is 14.4 Å². The lowest BCUT2D eigenvalue weighted by molar-refractivity contribution is -0.134. The van der Waals surface area contributed by atoms with E-state index in [-0.39, 0.29) is 37.0 Å². The maximum absolute atomic E-state index is 13.2. The Hall–Kier alpha value is -2.04. The highest BCUT2D eigenvalue weighted by atomic mass is 35.5. The number of hydrogen-bond donors (Lipinski definition) is 2. The molecule has 3 rings (SSSR count). The van der Waals surface area contributed by atoms with Crippen molar-refractivity contribution >= 4 is 44.8 Å². The lowest BCUT2D eigenvalue weighted by Gasteiger charge is -2.34. The highest BCUT2D eigenvalue weighted by Gasteiger charge is 2.31. The molecule has 0 spiro atoms. The molecule has 0 bridgehead atoms. The van der Waals surface area contributed by atoms with E-state index >= 15 is 0 Å². The topological polar surface area (TPSA) is 99.2 Å². The van der Waals surface area contributed by atoms with E-state index in [0.29, 0.717) is 46.7 Å². The number of halogens is 2. The van der Waals surface area contributed by atoms with Gasteiger partial charge in [0.15, 0.2) is 0 Å². The fourth-order valence-electron chi connectivity index (χ4n) is 4.25. The molecule has 2 N–H and O–H groups in total. The monoisotopic (exact) mass is 557 g/mol. The smallest absolute Gasteiger partial charge is 0.229 e. The largest absolute Gasteiger partial charge is 0.488 e. The number of anilines is 1. The minimum Gasteiger partial charge on any atom is -0.488 e. The van der Waals surface area contributed by atoms with E-state index in [9.17, 15) is 18.3 Å². The lowest BCUT2D eigenvalue weighted by atomic mass is 10.0. The van der Waals surface area contributed by atoms with Crippen molar-refractivity contribution in [3.63, 3.8) is 0 Å². The molecule has 3 atom stereocenters. The maximum atomic E-state index is 13.2. The van der Waals surface area contributed by atoms with Gasteiger partial charge in [-0.2, -0.15) is 0 Å². The van der Waals surface area contributed by atoms with Crippen LogP contribution in [0.3, 0.4) is 0 Å². The van der Waals surface area contributed by atoms with Crippen molar-refractivity contribution in [1.82, 2.24) is 9.80 Å². The van der Waals surface area contributed by atoms with Crippen LogP contribution in [0.15, 0.2) is 36.4 Å². The number of carbonyl (C=O) groups is 1. The molecule has 0 saturated heterocycles. The molecular weight excluding hydrogens is 525 g/mol. The highest BCUT2D eigenvalue weighted by Crippen LogP contribution is 2.30. The molecule has 1 aliphatic heterocycles. The molecule has 8 nitrogen and oxygen atoms in total. The van der Waals surface area contributed by atoms with Crippen LogP contribution >= 0.6 is 23.2 Å². The summed E-state index contributed by atoms with van der Waals surface area (Å²) in [6.45, 7) is 5.24. The number of ether oxygens (including phenoxy) is 1. The molecule has 2 aromatic carbocycles. The zero-order valence-corrected chi connectivity index (χ0v) is 23.2. The summed E-state index contributed by atoms with van der Waals surface area (Å²) in [4.78, 5) is 17.0. The van der Waals surface area contributed by atoms with Crippen LogP contribution in [-0.2, 0) is 27.8 Å². The minimum absolute atomic E-state index is 0.0253. The number of benzene rings is 2. The summed E-state index contributed by atoms with van der Waals surface area (Å²) in [5, 5.41) is 10.8. The highest BCUT2D eigenvalue weighted by molar-refractivity contribution is 7.92. The van der Waals surface area contributed by atoms with Gasteiger partial charge in [-0.1, -0.05) is 36.2 Å². The van der Waals surface area contributed by atoms with Crippen molar-refractivity contribution in [3.8, 4) is 5.75 Å². The van der Waals surface area contributed by atoms with Crippen LogP contribution in [0, 0.1) is 5.92 Å². The summed E-state index contributed by atoms with van der Waals surface area (Å²) in [6.07, 6.45) is 0.810. The predicted octanol–water partition coefficient (Wildman–Crippen LogP) is 3.65. The Morgan fingerprint density at radius 3 is 2.58 bits per heavy atom. The second-order valence-electron chi connectivity index (χ2n) is 9.53. The molecule has 1 heterocycles. The Labute approximate surface area is 223 Å². The van der Waals surface area contributed by atoms with Crippen molar-refractivity contribution in [1.29, 1.82) is 0 Å². The summed E-state index contributed by atoms with van der Waals surface area (Å²) in [7, 11) is -1.51. The Morgan fingerprint density at radius 1 is 1.22 bits per heavy atom. The third-order valence-electron chi connectivity index (χ3n) is 6.15. The molecule has 36 heavy (non-hydrogen) atoms. The zero-order valence-electron chi connectivity index (χ0n) is 20.9. The fraction of sp³-hybridized carbons (Fsp3) is 0.480. The number of fused-ring (bicyclic) bond motifs is 1. The van der Waals surface area contributed by atoms with Gasteiger partial charge < -0.3 is 14.7 Å². The van der Waals surface area contributed by atoms with Crippen LogP contribution in [0.4, 0.5) is 5.69 Å². The van der Waals surface area contributed by atoms with E-state index in [4.69, 9.17) is 27.9 Å². The molecule has 198 valence electrons. The number of nitrogens with zero attached hydrogens (tertiary/aromatic N) is 2. The summed E-state index contributed by atoms with van der Waals surface area (Å²) in [5.74, 6) is 0.314. The van der Waals surface area contributed by atoms with Gasteiger partial charge >= 0.3 is 0 Å². The van der Waals surface area contributed by atoms with Crippen LogP contribution < -0.4 is 9.46 Å². The number of hydrogen-bond acceptors (Lipinski definition) is 6. The summed E-state index contributed by atoms with van der Waals surface area (Å²) in [6, 6.07) is 10.1. The Bertz CT molecular complexity index is 1190. The standard InChI is InChI=1S/C25H33Cl2N3O5S/c1-16-12-30(17(2)15-31)25(32)11-19-10-20(28-36(4,33)34)6-8-23(19)35-24(16)14-29(3)13-18-5-7-21(26)22(27)9-18/h5-10,16-17,24,28,31H,11-15H2,1-4H3/t16-,17-,24-/m1/s1. The van der Waals surface area contributed by atoms with Gasteiger partial charge in [0, 0.05) is 36.8 Å². The van der Waals surface area contributed by atoms with Gasteiger partial charge in [0.1, 0.15) is 11.9 Å². The van der Waals surface area contributed by atoms with Crippen LogP contribution in [0.25, 0.3) is 0 Å². The van der Waals surface area contributed by atoms with Gasteiger partial charge in [-0.25, -0.2) is 8.42 Å². The third-order valence-corrected chi connectivity index (χ3v) is 7.49. The Balaban J connectivity index is 1.91. The molecule has 0 radical (unpaired) electrons. The SMILES string of the molecule is C[C@@H]1CN([C@H](C)CO)C(=O)Cc2cc(NS(C)(=O)=O)ccc2O[C@@H]1CN(C)Cc1ccc(Cl)c(Cl)c1. The van der Waals surface area contributed by atoms with Crippen molar-refractivity contribution in [2.24, 2.45) is 5.92 Å². The van der Waals surface area contributed by atoms with Crippen LogP contribution in [-0.4, -0.2) is 74.4 Å². The number of aliphatic hydroxyl groups excluding tert-OH is 1. The first kappa shape index (κ1) is 28.5. The van der Waals surface area contributed by atoms with Crippen molar-refractivity contribution in [2.45, 2.75) is 39.0 Å². The van der Waals surface area contributed by atoms with E-state index in [1.165, 1.54) is 0 Å². The van der Waals surface area contributed by atoms with Gasteiger partial charge in [0.2, 0.25) is 15.9 Å². The molecule has 0 aromatic heterocycles. The zero-order chi connectivity index (χ0) is 26.6. The van der Waals surface area contributed by atoms with Crippen LogP contribution in [0.1, 0.15) is 25.0 Å². The number of nitrogens with one attached hydrogen (secondary N) is 1. The average Bonchev–Trinajstić information content (AvgIpc) is 2.83. The number of aliphatic hydroxyl groups is 1. The third kappa shape index (κ3) is 7.73. The first-order valence-electron chi connectivity index (χ1n) is 11.7. The van der Waals surface area contributed by atoms with E-state index < -0.39 is 10.0 Å². The summed E-state index contributed by atoms with van der Waals surface area (Å²) in [5.41, 5.74) is 1.94. The molecule has 11 heteroatoms. The normalized spacial score (nSPS) is 19.7. The summed E-state index contributed by atoms with van der Waals surface area (Å²) >= 11 is 12.2. The van der Waals surface area contributed by atoms with Gasteiger partial charge in [0.05, 0.1) is 35.4 Å². The van der Waals surface area contributed by atoms with Crippen molar-refractivity contribution < 1.29 is 23.1 Å². The summed E-state index contributed by atoms with van der Waals surface area (Å²) < 4.78 is 32.4. The number of rotatable bonds is 8. The number of likely N-dealkylation sites (N-methyl/N-ethyl adjacent to an activating group) is 1. The van der Waals surface area contributed by atoms with Crippen molar-refractivity contribution in [3.05, 3.63) is 57.6 Å². The fourth-order valence-corrected chi connectivity index (χ4v) is 5.12. The lowest BCUT2D eigenvalue weighted by Crippen LogP contribution is -2.47. The second kappa shape index (κ2) is 12.0. The quantitative estimate of drug-likeness (QED) is 0.514. The average molecular weight is 559 g/mol.